The minimum Gasteiger partial charge on any atom is -0.496 e. The number of carboxylic acid groups (broad SMARTS) is 1. The third kappa shape index (κ3) is 7.08. The first-order valence-corrected chi connectivity index (χ1v) is 16.0. The predicted octanol–water partition coefficient (Wildman–Crippen LogP) is 5.46. The van der Waals surface area contributed by atoms with Gasteiger partial charge in [-0.2, -0.15) is 23.3 Å². The molecule has 0 aliphatic carbocycles. The lowest BCUT2D eigenvalue weighted by Gasteiger charge is -2.39. The van der Waals surface area contributed by atoms with Crippen molar-refractivity contribution >= 4 is 17.8 Å². The number of hydrogen-bond acceptors (Lipinski definition) is 10. The van der Waals surface area contributed by atoms with Crippen LogP contribution in [-0.4, -0.2) is 82.9 Å². The lowest BCUT2D eigenvalue weighted by molar-refractivity contribution is -0.198. The molecule has 2 saturated heterocycles. The van der Waals surface area contributed by atoms with Crippen molar-refractivity contribution < 1.29 is 42.1 Å². The number of aromatic nitrogens is 4. The lowest BCUT2D eigenvalue weighted by atomic mass is 9.76. The van der Waals surface area contributed by atoms with E-state index in [-0.39, 0.29) is 39.7 Å². The number of ether oxygens (including phenoxy) is 3. The molecule has 2 aliphatic rings. The Bertz CT molecular complexity index is 1910. The molecule has 2 aliphatic heterocycles. The van der Waals surface area contributed by atoms with Crippen molar-refractivity contribution in [3.05, 3.63) is 77.4 Å². The third-order valence-corrected chi connectivity index (χ3v) is 9.37. The van der Waals surface area contributed by atoms with E-state index in [2.05, 4.69) is 20.4 Å². The fraction of sp³-hybridized carbons (Fsp3) is 0.400. The Morgan fingerprint density at radius 1 is 1.02 bits per heavy atom. The van der Waals surface area contributed by atoms with Crippen LogP contribution in [0.2, 0.25) is 0 Å². The first kappa shape index (κ1) is 34.7. The Morgan fingerprint density at radius 2 is 1.74 bits per heavy atom. The van der Waals surface area contributed by atoms with Crippen LogP contribution in [0.3, 0.4) is 0 Å². The number of carbonyl (C=O) groups excluding carboxylic acids is 1. The largest absolute Gasteiger partial charge is 0.496 e. The van der Waals surface area contributed by atoms with Crippen molar-refractivity contribution in [2.75, 3.05) is 38.8 Å². The quantitative estimate of drug-likeness (QED) is 0.216. The first-order chi connectivity index (χ1) is 23.8. The molecule has 2 N–H and O–H groups in total. The standard InChI is InChI=1S/C35H37F3N6O6/c1-20-9-12-44(42-20)27-15-22(23-6-8-25(33(47)49-4)28(16-23)48-3)5-7-24(27)31(35(36,37)38)50-30-17-29(40-21(2)41-30)43-13-10-34(11-14-43)18-26(32(45)46)39-19-34/h5-9,12,15-17,26,31,39H,10-11,13-14,18-19H2,1-4H3,(H,45,46)/t26?,31-/m1/s1. The second-order valence-electron chi connectivity index (χ2n) is 12.7. The van der Waals surface area contributed by atoms with Gasteiger partial charge in [-0.25, -0.2) is 14.5 Å². The Balaban J connectivity index is 1.32. The molecule has 4 heterocycles. The number of esters is 1. The summed E-state index contributed by atoms with van der Waals surface area (Å²) in [6, 6.07) is 11.8. The maximum absolute atomic E-state index is 15.0. The van der Waals surface area contributed by atoms with Gasteiger partial charge in [0, 0.05) is 37.5 Å². The van der Waals surface area contributed by atoms with Crippen molar-refractivity contribution in [2.24, 2.45) is 5.41 Å². The van der Waals surface area contributed by atoms with Gasteiger partial charge in [-0.15, -0.1) is 0 Å². The van der Waals surface area contributed by atoms with Crippen molar-refractivity contribution in [1.82, 2.24) is 25.1 Å². The zero-order valence-electron chi connectivity index (χ0n) is 28.0. The van der Waals surface area contributed by atoms with Crippen molar-refractivity contribution in [1.29, 1.82) is 0 Å². The van der Waals surface area contributed by atoms with Gasteiger partial charge in [0.2, 0.25) is 12.0 Å². The average Bonchev–Trinajstić information content (AvgIpc) is 3.72. The molecule has 2 aromatic carbocycles. The molecule has 2 fully saturated rings. The van der Waals surface area contributed by atoms with E-state index in [1.165, 1.54) is 43.2 Å². The number of halogens is 3. The van der Waals surface area contributed by atoms with Gasteiger partial charge in [0.1, 0.15) is 29.0 Å². The summed E-state index contributed by atoms with van der Waals surface area (Å²) < 4.78 is 62.2. The number of nitrogens with zero attached hydrogens (tertiary/aromatic N) is 5. The SMILES string of the molecule is COC(=O)c1ccc(-c2ccc([C@@H](Oc3cc(N4CCC5(CC4)CNC(C(=O)O)C5)nc(C)n3)C(F)(F)F)c(-n3ccc(C)n3)c2)cc1OC. The van der Waals surface area contributed by atoms with Crippen LogP contribution >= 0.6 is 0 Å². The first-order valence-electron chi connectivity index (χ1n) is 16.0. The number of piperidine rings is 1. The minimum atomic E-state index is -4.85. The highest BCUT2D eigenvalue weighted by molar-refractivity contribution is 5.93. The smallest absolute Gasteiger partial charge is 0.429 e. The van der Waals surface area contributed by atoms with Crippen molar-refractivity contribution in [3.63, 3.8) is 0 Å². The van der Waals surface area contributed by atoms with E-state index in [1.54, 1.807) is 44.3 Å². The number of methoxy groups -OCH3 is 2. The molecule has 264 valence electrons. The highest BCUT2D eigenvalue weighted by Crippen LogP contribution is 2.43. The molecular weight excluding hydrogens is 657 g/mol. The zero-order chi connectivity index (χ0) is 35.8. The van der Waals surface area contributed by atoms with Gasteiger partial charge in [0.15, 0.2) is 0 Å². The number of alkyl halides is 3. The van der Waals surface area contributed by atoms with Crippen LogP contribution in [0.4, 0.5) is 19.0 Å². The third-order valence-electron chi connectivity index (χ3n) is 9.37. The molecule has 1 spiro atoms. The number of rotatable bonds is 9. The van der Waals surface area contributed by atoms with E-state index in [9.17, 15) is 27.9 Å². The highest BCUT2D eigenvalue weighted by atomic mass is 19.4. The van der Waals surface area contributed by atoms with Crippen LogP contribution < -0.4 is 19.7 Å². The number of hydrogen-bond donors (Lipinski definition) is 2. The fourth-order valence-electron chi connectivity index (χ4n) is 6.70. The summed E-state index contributed by atoms with van der Waals surface area (Å²) in [5, 5.41) is 16.9. The van der Waals surface area contributed by atoms with Crippen molar-refractivity contribution in [2.45, 2.75) is 51.4 Å². The summed E-state index contributed by atoms with van der Waals surface area (Å²) in [6.45, 7) is 5.04. The molecule has 0 saturated carbocycles. The van der Waals surface area contributed by atoms with E-state index in [0.29, 0.717) is 61.5 Å². The van der Waals surface area contributed by atoms with Gasteiger partial charge in [-0.05, 0) is 73.9 Å². The number of benzene rings is 2. The van der Waals surface area contributed by atoms with E-state index >= 15 is 0 Å². The maximum atomic E-state index is 15.0. The average molecular weight is 695 g/mol. The van der Waals surface area contributed by atoms with Crippen LogP contribution in [-0.2, 0) is 9.53 Å². The minimum absolute atomic E-state index is 0.131. The van der Waals surface area contributed by atoms with E-state index in [1.807, 2.05) is 4.90 Å². The maximum Gasteiger partial charge on any atom is 0.429 e. The van der Waals surface area contributed by atoms with Gasteiger partial charge in [-0.3, -0.25) is 4.79 Å². The topological polar surface area (TPSA) is 141 Å². The second-order valence-corrected chi connectivity index (χ2v) is 12.7. The van der Waals surface area contributed by atoms with E-state index in [4.69, 9.17) is 14.2 Å². The summed E-state index contributed by atoms with van der Waals surface area (Å²) >= 11 is 0. The highest BCUT2D eigenvalue weighted by Gasteiger charge is 2.46. The molecule has 12 nitrogen and oxygen atoms in total. The van der Waals surface area contributed by atoms with Gasteiger partial charge in [0.05, 0.1) is 25.6 Å². The van der Waals surface area contributed by atoms with Crippen LogP contribution in [0.25, 0.3) is 16.8 Å². The fourth-order valence-corrected chi connectivity index (χ4v) is 6.70. The summed E-state index contributed by atoms with van der Waals surface area (Å²) in [5.41, 5.74) is 1.72. The number of carbonyl (C=O) groups is 2. The summed E-state index contributed by atoms with van der Waals surface area (Å²) in [6.07, 6.45) is -3.74. The number of nitrogens with one attached hydrogen (secondary N) is 1. The summed E-state index contributed by atoms with van der Waals surface area (Å²) in [7, 11) is 2.66. The molecule has 2 aromatic heterocycles. The van der Waals surface area contributed by atoms with E-state index < -0.39 is 30.3 Å². The zero-order valence-corrected chi connectivity index (χ0v) is 28.0. The predicted molar refractivity (Wildman–Crippen MR) is 176 cm³/mol. The number of anilines is 1. The van der Waals surface area contributed by atoms with Crippen LogP contribution in [0.15, 0.2) is 54.7 Å². The molecule has 0 bridgehead atoms. The normalized spacial score (nSPS) is 17.8. The summed E-state index contributed by atoms with van der Waals surface area (Å²) in [5.74, 6) is -0.768. The Morgan fingerprint density at radius 3 is 2.36 bits per heavy atom. The molecule has 2 atom stereocenters. The molecule has 0 amide bonds. The van der Waals surface area contributed by atoms with Gasteiger partial charge < -0.3 is 29.5 Å². The van der Waals surface area contributed by atoms with Gasteiger partial charge in [-0.1, -0.05) is 18.2 Å². The molecule has 50 heavy (non-hydrogen) atoms. The second kappa shape index (κ2) is 13.6. The van der Waals surface area contributed by atoms with Crippen LogP contribution in [0, 0.1) is 19.3 Å². The Labute approximate surface area is 286 Å². The monoisotopic (exact) mass is 694 g/mol. The number of aliphatic carboxylic acids is 1. The van der Waals surface area contributed by atoms with Crippen LogP contribution in [0.1, 0.15) is 52.8 Å². The number of carboxylic acids is 1. The Hall–Kier alpha value is -5.18. The van der Waals surface area contributed by atoms with Crippen LogP contribution in [0.5, 0.6) is 11.6 Å². The molecular formula is C35H37F3N6O6. The molecule has 6 rings (SSSR count). The number of aryl methyl sites for hydroxylation is 2. The van der Waals surface area contributed by atoms with Gasteiger partial charge in [0.25, 0.3) is 0 Å². The molecule has 0 radical (unpaired) electrons. The van der Waals surface area contributed by atoms with E-state index in [0.717, 1.165) is 0 Å². The molecule has 4 aromatic rings. The lowest BCUT2D eigenvalue weighted by Crippen LogP contribution is -2.41. The molecule has 1 unspecified atom stereocenters. The molecule has 15 heteroatoms. The van der Waals surface area contributed by atoms with Gasteiger partial charge >= 0.3 is 18.1 Å². The van der Waals surface area contributed by atoms with Crippen molar-refractivity contribution in [3.8, 4) is 28.4 Å². The Kier molecular flexibility index (Phi) is 9.44. The summed E-state index contributed by atoms with van der Waals surface area (Å²) in [4.78, 5) is 34.4.